The molecule has 1 saturated heterocycles. The molecule has 0 N–H and O–H groups in total. The first-order valence-electron chi connectivity index (χ1n) is 21.6. The van der Waals surface area contributed by atoms with Crippen LogP contribution in [0.25, 0.3) is 0 Å². The zero-order chi connectivity index (χ0) is 42.7. The van der Waals surface area contributed by atoms with Gasteiger partial charge in [-0.25, -0.2) is 0 Å². The van der Waals surface area contributed by atoms with Crippen molar-refractivity contribution in [2.24, 2.45) is 21.7 Å². The molecule has 2 aliphatic rings. The van der Waals surface area contributed by atoms with E-state index >= 15 is 4.79 Å². The molecule has 1 aliphatic carbocycles. The summed E-state index contributed by atoms with van der Waals surface area (Å²) < 4.78 is 8.07. The molecule has 1 fully saturated rings. The van der Waals surface area contributed by atoms with Gasteiger partial charge in [-0.3, -0.25) is 4.79 Å². The zero-order valence-electron chi connectivity index (χ0n) is 39.7. The van der Waals surface area contributed by atoms with Crippen molar-refractivity contribution in [2.75, 3.05) is 0 Å². The summed E-state index contributed by atoms with van der Waals surface area (Å²) in [5.41, 5.74) is 8.13. The first kappa shape index (κ1) is 49.0. The summed E-state index contributed by atoms with van der Waals surface area (Å²) in [5, 5.41) is 0. The predicted molar refractivity (Wildman–Crippen MR) is 248 cm³/mol. The third kappa shape index (κ3) is 11.1. The lowest BCUT2D eigenvalue weighted by atomic mass is 9.37. The molecule has 2 nitrogen and oxygen atoms in total. The van der Waals surface area contributed by atoms with Crippen LogP contribution in [0.5, 0.6) is 0 Å². The number of rotatable bonds is 18. The normalized spacial score (nSPS) is 19.7. The second-order valence-electron chi connectivity index (χ2n) is 19.9. The highest BCUT2D eigenvalue weighted by atomic mass is 16.5. The minimum absolute atomic E-state index is 0.254. The molecule has 2 heteroatoms. The van der Waals surface area contributed by atoms with Gasteiger partial charge >= 0.3 is 0 Å². The summed E-state index contributed by atoms with van der Waals surface area (Å²) >= 11 is 0. The molecule has 0 spiro atoms. The number of ketones is 1. The Kier molecular flexibility index (Phi) is 18.0. The molecular weight excluding hydrogens is 681 g/mol. The largest absolute Gasteiger partial charge is 0.489 e. The number of ether oxygens (including phenoxy) is 1. The Bertz CT molecular complexity index is 1600. The van der Waals surface area contributed by atoms with Crippen molar-refractivity contribution < 1.29 is 9.53 Å². The molecule has 1 aliphatic heterocycles. The Hall–Kier alpha value is -3.13. The van der Waals surface area contributed by atoms with E-state index in [0.717, 1.165) is 37.9 Å². The van der Waals surface area contributed by atoms with E-state index in [4.69, 9.17) is 4.74 Å². The standard InChI is InChI=1S/C54H84O2/c1-39(2)19-29-50(30-20-40(3)4)31-28-48-54(38-27-47(17)18,52(50,34-23-43(9)10)35-24-44(11)12)49(55)51(32-21-41(5)6,33-22-42(7)8)53(56-48,36-25-45(13)14)37-26-46(15)16/h19-28H,29-38H2,1-18H3. The van der Waals surface area contributed by atoms with Gasteiger partial charge < -0.3 is 4.74 Å². The van der Waals surface area contributed by atoms with Crippen molar-refractivity contribution in [2.45, 2.75) is 194 Å². The molecule has 1 atom stereocenters. The van der Waals surface area contributed by atoms with Crippen LogP contribution in [0, 0.1) is 21.7 Å². The van der Waals surface area contributed by atoms with Gasteiger partial charge in [-0.15, -0.1) is 0 Å². The predicted octanol–water partition coefficient (Wildman–Crippen LogP) is 16.8. The van der Waals surface area contributed by atoms with Crippen molar-refractivity contribution >= 4 is 5.78 Å². The second kappa shape index (κ2) is 20.5. The number of fused-ring (bicyclic) bond motifs is 1. The Morgan fingerprint density at radius 1 is 0.446 bits per heavy atom. The van der Waals surface area contributed by atoms with Gasteiger partial charge in [0.2, 0.25) is 0 Å². The number of hydrogen-bond donors (Lipinski definition) is 0. The quantitative estimate of drug-likeness (QED) is 0.130. The maximum absolute atomic E-state index is 17.5. The van der Waals surface area contributed by atoms with Gasteiger partial charge in [0.25, 0.3) is 0 Å². The van der Waals surface area contributed by atoms with Crippen molar-refractivity contribution in [3.8, 4) is 0 Å². The van der Waals surface area contributed by atoms with E-state index in [-0.39, 0.29) is 5.41 Å². The van der Waals surface area contributed by atoms with Crippen LogP contribution in [-0.2, 0) is 9.53 Å². The summed E-state index contributed by atoms with van der Waals surface area (Å²) in [4.78, 5) is 17.5. The van der Waals surface area contributed by atoms with Crippen LogP contribution >= 0.6 is 0 Å². The monoisotopic (exact) mass is 765 g/mol. The average molecular weight is 765 g/mol. The van der Waals surface area contributed by atoms with Gasteiger partial charge in [0.1, 0.15) is 11.4 Å². The minimum Gasteiger partial charge on any atom is -0.489 e. The fourth-order valence-corrected chi connectivity index (χ4v) is 9.23. The number of Topliss-reactive ketones (excluding diaryl/α,β-unsaturated/α-hetero) is 1. The maximum Gasteiger partial charge on any atom is 0.158 e. The summed E-state index contributed by atoms with van der Waals surface area (Å²) in [5.74, 6) is 1.30. The van der Waals surface area contributed by atoms with Crippen molar-refractivity contribution in [3.05, 3.63) is 117 Å². The highest BCUT2D eigenvalue weighted by molar-refractivity contribution is 5.97. The molecule has 1 heterocycles. The van der Waals surface area contributed by atoms with Crippen LogP contribution in [0.1, 0.15) is 189 Å². The third-order valence-electron chi connectivity index (χ3n) is 12.7. The van der Waals surface area contributed by atoms with Crippen molar-refractivity contribution in [1.29, 1.82) is 0 Å². The van der Waals surface area contributed by atoms with E-state index in [1.807, 2.05) is 0 Å². The summed E-state index contributed by atoms with van der Waals surface area (Å²) in [6.07, 6.45) is 31.5. The number of carbonyl (C=O) groups is 1. The number of allylic oxidation sites excluding steroid dienone is 18. The highest BCUT2D eigenvalue weighted by Gasteiger charge is 2.75. The van der Waals surface area contributed by atoms with Crippen LogP contribution in [0.4, 0.5) is 0 Å². The fourth-order valence-electron chi connectivity index (χ4n) is 9.23. The first-order chi connectivity index (χ1) is 26.0. The second-order valence-corrected chi connectivity index (χ2v) is 19.9. The highest BCUT2D eigenvalue weighted by Crippen LogP contribution is 2.74. The molecule has 0 bridgehead atoms. The average Bonchev–Trinajstić information content (AvgIpc) is 3.08. The molecule has 0 aromatic heterocycles. The SMILES string of the molecule is CC(C)=CCC1(CC=C(C)C)CC=C2OC(CC=C(C)C)(CC=C(C)C)C(CC=C(C)C)(CC=C(C)C)C(=O)C2(CC=C(C)C)C1(CC=C(C)C)CC=C(C)C. The van der Waals surface area contributed by atoms with Gasteiger partial charge in [0, 0.05) is 18.3 Å². The molecule has 312 valence electrons. The molecule has 0 aromatic rings. The van der Waals surface area contributed by atoms with Crippen molar-refractivity contribution in [3.63, 3.8) is 0 Å². The van der Waals surface area contributed by atoms with Gasteiger partial charge in [-0.05, 0) is 187 Å². The molecule has 1 unspecified atom stereocenters. The minimum atomic E-state index is -0.921. The molecule has 0 radical (unpaired) electrons. The number of hydrogen-bond acceptors (Lipinski definition) is 2. The molecule has 0 amide bonds. The smallest absolute Gasteiger partial charge is 0.158 e. The van der Waals surface area contributed by atoms with Crippen LogP contribution in [0.15, 0.2) is 117 Å². The molecule has 0 aromatic carbocycles. The van der Waals surface area contributed by atoms with E-state index in [0.29, 0.717) is 37.9 Å². The summed E-state index contributed by atoms with van der Waals surface area (Å²) in [6, 6.07) is 0. The van der Waals surface area contributed by atoms with E-state index in [1.54, 1.807) is 0 Å². The van der Waals surface area contributed by atoms with Gasteiger partial charge in [0.05, 0.1) is 10.8 Å². The Balaban J connectivity index is 3.64. The zero-order valence-corrected chi connectivity index (χ0v) is 39.7. The van der Waals surface area contributed by atoms with Gasteiger partial charge in [0.15, 0.2) is 5.78 Å². The fraction of sp³-hybridized carbons (Fsp3) is 0.611. The van der Waals surface area contributed by atoms with Crippen molar-refractivity contribution in [1.82, 2.24) is 0 Å². The van der Waals surface area contributed by atoms with Crippen LogP contribution in [-0.4, -0.2) is 11.4 Å². The van der Waals surface area contributed by atoms with Crippen LogP contribution in [0.2, 0.25) is 0 Å². The van der Waals surface area contributed by atoms with E-state index < -0.39 is 21.8 Å². The van der Waals surface area contributed by atoms with Crippen LogP contribution < -0.4 is 0 Å². The van der Waals surface area contributed by atoms with Crippen LogP contribution in [0.3, 0.4) is 0 Å². The topological polar surface area (TPSA) is 26.3 Å². The molecule has 56 heavy (non-hydrogen) atoms. The summed E-state index contributed by atoms with van der Waals surface area (Å²) in [7, 11) is 0. The van der Waals surface area contributed by atoms with E-state index in [2.05, 4.69) is 185 Å². The Morgan fingerprint density at radius 3 is 1.11 bits per heavy atom. The first-order valence-corrected chi connectivity index (χ1v) is 21.6. The Morgan fingerprint density at radius 2 is 0.750 bits per heavy atom. The van der Waals surface area contributed by atoms with Gasteiger partial charge in [-0.2, -0.15) is 0 Å². The molecule has 0 saturated carbocycles. The Labute approximate surface area is 346 Å². The summed E-state index contributed by atoms with van der Waals surface area (Å²) in [6.45, 7) is 39.6. The molecule has 2 rings (SSSR count). The lowest BCUT2D eigenvalue weighted by Gasteiger charge is -2.68. The lowest BCUT2D eigenvalue weighted by Crippen LogP contribution is -2.71. The molecular formula is C54H84O2. The van der Waals surface area contributed by atoms with E-state index in [1.165, 1.54) is 50.2 Å². The third-order valence-corrected chi connectivity index (χ3v) is 12.7. The number of carbonyl (C=O) groups excluding carboxylic acids is 1. The maximum atomic E-state index is 17.5. The van der Waals surface area contributed by atoms with Gasteiger partial charge in [-0.1, -0.05) is 105 Å². The van der Waals surface area contributed by atoms with E-state index in [9.17, 15) is 0 Å². The lowest BCUT2D eigenvalue weighted by molar-refractivity contribution is -0.217.